The van der Waals surface area contributed by atoms with Crippen LogP contribution < -0.4 is 0 Å². The molecule has 32 heavy (non-hydrogen) atoms. The molecule has 0 spiro atoms. The molecule has 0 aliphatic heterocycles. The van der Waals surface area contributed by atoms with Crippen LogP contribution in [0, 0.1) is 20.9 Å². The van der Waals surface area contributed by atoms with Gasteiger partial charge in [0.2, 0.25) is 0 Å². The molecule has 0 atom stereocenters. The van der Waals surface area contributed by atoms with E-state index < -0.39 is 0 Å². The Morgan fingerprint density at radius 3 is 1.47 bits per heavy atom. The zero-order valence-electron chi connectivity index (χ0n) is 18.6. The summed E-state index contributed by atoms with van der Waals surface area (Å²) in [6.07, 6.45) is 0. The van der Waals surface area contributed by atoms with Crippen molar-refractivity contribution in [3.05, 3.63) is 28.2 Å². The number of ether oxygens (including phenoxy) is 4. The van der Waals surface area contributed by atoms with Crippen molar-refractivity contribution in [2.24, 2.45) is 0 Å². The summed E-state index contributed by atoms with van der Waals surface area (Å²) in [7, 11) is 0. The molecule has 2 aromatic heterocycles. The molecule has 0 aliphatic rings. The number of aromatic nitrogens is 2. The Morgan fingerprint density at radius 1 is 0.750 bits per heavy atom. The van der Waals surface area contributed by atoms with Crippen molar-refractivity contribution in [1.82, 2.24) is 9.13 Å². The van der Waals surface area contributed by atoms with Gasteiger partial charge < -0.3 is 0 Å². The molecule has 8 nitrogen and oxygen atoms in total. The summed E-state index contributed by atoms with van der Waals surface area (Å²) in [5, 5.41) is 0. The molecule has 0 fully saturated rings. The standard InChI is InChI=1S/C20H28N2O6S2Se2/c1-5-27-17(23)15-13(3)21(19(31)29-15)7-9-25-11-12-26-10-8-22-14(4)16(30-20(22)32)18(24)28-6-2/h5-12H2,1-4H3. The van der Waals surface area contributed by atoms with Crippen molar-refractivity contribution in [2.45, 2.75) is 40.8 Å². The zero-order valence-corrected chi connectivity index (χ0v) is 23.7. The Balaban J connectivity index is 1.71. The van der Waals surface area contributed by atoms with Gasteiger partial charge in [0.25, 0.3) is 0 Å². The van der Waals surface area contributed by atoms with Crippen LogP contribution in [0.25, 0.3) is 0 Å². The summed E-state index contributed by atoms with van der Waals surface area (Å²) in [6.45, 7) is 11.4. The van der Waals surface area contributed by atoms with Crippen LogP contribution in [0.2, 0.25) is 0 Å². The minimum absolute atomic E-state index is 0.291. The molecule has 0 unspecified atom stereocenters. The average Bonchev–Trinajstić information content (AvgIpc) is 3.20. The topological polar surface area (TPSA) is 80.9 Å². The van der Waals surface area contributed by atoms with E-state index in [2.05, 4.69) is 31.2 Å². The molecule has 0 aromatic carbocycles. The maximum atomic E-state index is 12.0. The number of rotatable bonds is 13. The van der Waals surface area contributed by atoms with Gasteiger partial charge in [0.1, 0.15) is 0 Å². The van der Waals surface area contributed by atoms with Crippen LogP contribution in [0.5, 0.6) is 0 Å². The third kappa shape index (κ3) is 7.33. The molecule has 2 aromatic rings. The van der Waals surface area contributed by atoms with E-state index >= 15 is 0 Å². The maximum absolute atomic E-state index is 12.0. The van der Waals surface area contributed by atoms with Gasteiger partial charge in [0, 0.05) is 0 Å². The van der Waals surface area contributed by atoms with E-state index in [1.54, 1.807) is 13.8 Å². The van der Waals surface area contributed by atoms with Crippen molar-refractivity contribution in [2.75, 3.05) is 39.6 Å². The van der Waals surface area contributed by atoms with Crippen LogP contribution in [0.4, 0.5) is 0 Å². The zero-order chi connectivity index (χ0) is 23.7. The molecule has 0 saturated carbocycles. The Labute approximate surface area is 211 Å². The fourth-order valence-electron chi connectivity index (χ4n) is 2.88. The summed E-state index contributed by atoms with van der Waals surface area (Å²) in [6, 6.07) is 0. The fourth-order valence-corrected chi connectivity index (χ4v) is 6.71. The molecule has 12 heteroatoms. The minimum atomic E-state index is -0.291. The third-order valence-electron chi connectivity index (χ3n) is 4.50. The normalized spacial score (nSPS) is 11.0. The van der Waals surface area contributed by atoms with E-state index in [9.17, 15) is 9.59 Å². The van der Waals surface area contributed by atoms with Gasteiger partial charge in [-0.15, -0.1) is 0 Å². The molecule has 2 rings (SSSR count). The second-order valence-corrected chi connectivity index (χ2v) is 11.3. The molecule has 0 radical (unpaired) electrons. The van der Waals surface area contributed by atoms with Crippen LogP contribution in [0.1, 0.15) is 44.6 Å². The van der Waals surface area contributed by atoms with Gasteiger partial charge in [-0.2, -0.15) is 0 Å². The Morgan fingerprint density at radius 2 is 1.12 bits per heavy atom. The summed E-state index contributed by atoms with van der Waals surface area (Å²) < 4.78 is 27.4. The van der Waals surface area contributed by atoms with E-state index in [1.807, 2.05) is 23.0 Å². The first kappa shape index (κ1) is 27.4. The molecule has 0 N–H and O–H groups in total. The van der Waals surface area contributed by atoms with Gasteiger partial charge in [-0.05, 0) is 0 Å². The van der Waals surface area contributed by atoms with Gasteiger partial charge >= 0.3 is 212 Å². The molecule has 0 bridgehead atoms. The number of carbonyl (C=O) groups is 2. The Bertz CT molecular complexity index is 958. The van der Waals surface area contributed by atoms with Crippen LogP contribution in [-0.4, -0.2) is 91.9 Å². The van der Waals surface area contributed by atoms with Crippen molar-refractivity contribution in [3.8, 4) is 0 Å². The predicted octanol–water partition coefficient (Wildman–Crippen LogP) is 2.52. The second-order valence-electron chi connectivity index (χ2n) is 6.53. The van der Waals surface area contributed by atoms with Crippen molar-refractivity contribution < 1.29 is 28.5 Å². The van der Waals surface area contributed by atoms with Crippen molar-refractivity contribution >= 4 is 65.8 Å². The van der Waals surface area contributed by atoms with E-state index in [0.717, 1.165) is 18.4 Å². The first-order valence-corrected chi connectivity index (χ1v) is 13.6. The van der Waals surface area contributed by atoms with E-state index in [4.69, 9.17) is 18.9 Å². The fraction of sp³-hybridized carbons (Fsp3) is 0.600. The summed E-state index contributed by atoms with van der Waals surface area (Å²) in [5.41, 5.74) is 1.75. The number of esters is 2. The van der Waals surface area contributed by atoms with Crippen LogP contribution >= 0.6 is 22.7 Å². The second kappa shape index (κ2) is 13.8. The molecule has 0 aliphatic carbocycles. The van der Waals surface area contributed by atoms with Crippen molar-refractivity contribution in [3.63, 3.8) is 0 Å². The monoisotopic (exact) mass is 616 g/mol. The van der Waals surface area contributed by atoms with Crippen LogP contribution in [0.3, 0.4) is 0 Å². The molecule has 0 saturated heterocycles. The molecule has 0 amide bonds. The first-order valence-electron chi connectivity index (χ1n) is 10.2. The number of hydrogen-bond acceptors (Lipinski definition) is 8. The average molecular weight is 615 g/mol. The molecular weight excluding hydrogens is 586 g/mol. The first-order chi connectivity index (χ1) is 15.3. The molecular formula is C20H28N2O6S2Se2. The van der Waals surface area contributed by atoms with Gasteiger partial charge in [0.15, 0.2) is 0 Å². The van der Waals surface area contributed by atoms with E-state index in [-0.39, 0.29) is 11.9 Å². The van der Waals surface area contributed by atoms with E-state index in [1.165, 1.54) is 22.7 Å². The van der Waals surface area contributed by atoms with Gasteiger partial charge in [-0.1, -0.05) is 0 Å². The van der Waals surface area contributed by atoms with Crippen LogP contribution in [0.15, 0.2) is 0 Å². The van der Waals surface area contributed by atoms with E-state index in [0.29, 0.717) is 62.5 Å². The molecule has 178 valence electrons. The number of hydrogen-bond donors (Lipinski definition) is 0. The number of carbonyl (C=O) groups excluding carboxylic acids is 2. The summed E-state index contributed by atoms with van der Waals surface area (Å²) in [4.78, 5) is 25.2. The summed E-state index contributed by atoms with van der Waals surface area (Å²) in [5.74, 6) is -0.582. The Kier molecular flexibility index (Phi) is 11.8. The van der Waals surface area contributed by atoms with Crippen LogP contribution in [-0.2, 0) is 32.0 Å². The molecule has 2 heterocycles. The number of nitrogens with zero attached hydrogens (tertiary/aromatic N) is 2. The van der Waals surface area contributed by atoms with Gasteiger partial charge in [0.05, 0.1) is 0 Å². The summed E-state index contributed by atoms with van der Waals surface area (Å²) >= 11 is 8.78. The Hall–Kier alpha value is -0.841. The van der Waals surface area contributed by atoms with Gasteiger partial charge in [-0.3, -0.25) is 0 Å². The third-order valence-corrected chi connectivity index (χ3v) is 8.59. The quantitative estimate of drug-likeness (QED) is 0.196. The predicted molar refractivity (Wildman–Crippen MR) is 126 cm³/mol. The van der Waals surface area contributed by atoms with Crippen molar-refractivity contribution in [1.29, 1.82) is 0 Å². The SMILES string of the molecule is CCOC(=O)c1sc(=[Se])n(CCOCCOCCn2c(C)c(C(=O)OCC)sc2=[Se])c1C. The van der Waals surface area contributed by atoms with Gasteiger partial charge in [-0.25, -0.2) is 0 Å². The number of thiazole rings is 2.